The van der Waals surface area contributed by atoms with Crippen molar-refractivity contribution in [3.05, 3.63) is 0 Å². The normalized spacial score (nSPS) is 33.7. The van der Waals surface area contributed by atoms with Gasteiger partial charge in [-0.05, 0) is 41.7 Å². The van der Waals surface area contributed by atoms with Gasteiger partial charge in [0.15, 0.2) is 0 Å². The summed E-state index contributed by atoms with van der Waals surface area (Å²) >= 11 is 0. The molecule has 0 radical (unpaired) electrons. The van der Waals surface area contributed by atoms with Crippen molar-refractivity contribution in [2.24, 2.45) is 0 Å². The Balaban J connectivity index is 2.67. The molecule has 1 rings (SSSR count). The highest BCUT2D eigenvalue weighted by molar-refractivity contribution is 4.89. The number of hydrogen-bond donors (Lipinski definition) is 0. The summed E-state index contributed by atoms with van der Waals surface area (Å²) in [5.74, 6) is 0. The Morgan fingerprint density at radius 2 is 1.54 bits per heavy atom. The van der Waals surface area contributed by atoms with Gasteiger partial charge in [0.1, 0.15) is 0 Å². The van der Waals surface area contributed by atoms with E-state index in [1.54, 1.807) is 0 Å². The SMILES string of the molecule is C[C@@H]1CN(C(C)(C)C)[C@@H](C)CN1C. The van der Waals surface area contributed by atoms with Crippen molar-refractivity contribution in [1.29, 1.82) is 0 Å². The highest BCUT2D eigenvalue weighted by atomic mass is 15.3. The van der Waals surface area contributed by atoms with E-state index in [1.807, 2.05) is 0 Å². The zero-order valence-corrected chi connectivity index (χ0v) is 9.96. The molecule has 1 heterocycles. The Kier molecular flexibility index (Phi) is 3.03. The highest BCUT2D eigenvalue weighted by Crippen LogP contribution is 2.22. The Labute approximate surface area is 82.9 Å². The van der Waals surface area contributed by atoms with E-state index < -0.39 is 0 Å². The Morgan fingerprint density at radius 3 is 2.00 bits per heavy atom. The van der Waals surface area contributed by atoms with Crippen LogP contribution in [0.25, 0.3) is 0 Å². The number of hydrogen-bond acceptors (Lipinski definition) is 2. The quantitative estimate of drug-likeness (QED) is 0.566. The molecule has 1 aliphatic rings. The molecule has 0 aromatic carbocycles. The van der Waals surface area contributed by atoms with Crippen LogP contribution in [-0.4, -0.2) is 47.6 Å². The fourth-order valence-corrected chi connectivity index (χ4v) is 2.23. The molecular formula is C11H24N2. The molecule has 0 aromatic rings. The standard InChI is InChI=1S/C11H24N2/c1-9-8-13(11(3,4)5)10(2)7-12(9)6/h9-10H,7-8H2,1-6H3/t9-,10+/m1/s1. The van der Waals surface area contributed by atoms with Gasteiger partial charge >= 0.3 is 0 Å². The summed E-state index contributed by atoms with van der Waals surface area (Å²) in [6.07, 6.45) is 0. The maximum Gasteiger partial charge on any atom is 0.0200 e. The first kappa shape index (κ1) is 11.0. The number of likely N-dealkylation sites (N-methyl/N-ethyl adjacent to an activating group) is 1. The number of nitrogens with zero attached hydrogens (tertiary/aromatic N) is 2. The second kappa shape index (κ2) is 3.58. The van der Waals surface area contributed by atoms with Crippen molar-refractivity contribution in [2.45, 2.75) is 52.2 Å². The van der Waals surface area contributed by atoms with Crippen molar-refractivity contribution in [3.63, 3.8) is 0 Å². The largest absolute Gasteiger partial charge is 0.301 e. The molecule has 0 unspecified atom stereocenters. The molecule has 2 atom stereocenters. The summed E-state index contributed by atoms with van der Waals surface area (Å²) in [5, 5.41) is 0. The summed E-state index contributed by atoms with van der Waals surface area (Å²) in [4.78, 5) is 5.06. The fourth-order valence-electron chi connectivity index (χ4n) is 2.23. The molecule has 13 heavy (non-hydrogen) atoms. The van der Waals surface area contributed by atoms with Gasteiger partial charge in [0.05, 0.1) is 0 Å². The summed E-state index contributed by atoms with van der Waals surface area (Å²) in [6, 6.07) is 1.37. The third kappa shape index (κ3) is 2.44. The third-order valence-electron chi connectivity index (χ3n) is 3.16. The fraction of sp³-hybridized carbons (Fsp3) is 1.00. The minimum Gasteiger partial charge on any atom is -0.301 e. The van der Waals surface area contributed by atoms with Gasteiger partial charge in [0.2, 0.25) is 0 Å². The van der Waals surface area contributed by atoms with Crippen LogP contribution in [0.1, 0.15) is 34.6 Å². The van der Waals surface area contributed by atoms with Gasteiger partial charge in [-0.25, -0.2) is 0 Å². The van der Waals surface area contributed by atoms with Crippen LogP contribution in [0.15, 0.2) is 0 Å². The van der Waals surface area contributed by atoms with E-state index in [0.29, 0.717) is 17.6 Å². The van der Waals surface area contributed by atoms with Crippen molar-refractivity contribution < 1.29 is 0 Å². The second-order valence-electron chi connectivity index (χ2n) is 5.46. The van der Waals surface area contributed by atoms with Crippen molar-refractivity contribution in [1.82, 2.24) is 9.80 Å². The first-order valence-electron chi connectivity index (χ1n) is 5.29. The zero-order chi connectivity index (χ0) is 10.2. The van der Waals surface area contributed by atoms with E-state index in [2.05, 4.69) is 51.5 Å². The van der Waals surface area contributed by atoms with Gasteiger partial charge in [-0.2, -0.15) is 0 Å². The lowest BCUT2D eigenvalue weighted by molar-refractivity contribution is -0.000118. The molecule has 0 N–H and O–H groups in total. The molecular weight excluding hydrogens is 160 g/mol. The van der Waals surface area contributed by atoms with E-state index in [4.69, 9.17) is 0 Å². The second-order valence-corrected chi connectivity index (χ2v) is 5.46. The molecule has 0 amide bonds. The molecule has 1 aliphatic heterocycles. The van der Waals surface area contributed by atoms with Crippen molar-refractivity contribution in [3.8, 4) is 0 Å². The van der Waals surface area contributed by atoms with Crippen LogP contribution >= 0.6 is 0 Å². The molecule has 1 saturated heterocycles. The number of rotatable bonds is 0. The van der Waals surface area contributed by atoms with Crippen LogP contribution < -0.4 is 0 Å². The maximum absolute atomic E-state index is 2.61. The predicted octanol–water partition coefficient (Wildman–Crippen LogP) is 1.81. The summed E-state index contributed by atoms with van der Waals surface area (Å²) in [6.45, 7) is 13.9. The van der Waals surface area contributed by atoms with E-state index in [9.17, 15) is 0 Å². The van der Waals surface area contributed by atoms with Crippen LogP contribution in [0.4, 0.5) is 0 Å². The lowest BCUT2D eigenvalue weighted by Crippen LogP contribution is -2.60. The highest BCUT2D eigenvalue weighted by Gasteiger charge is 2.33. The molecule has 1 fully saturated rings. The van der Waals surface area contributed by atoms with Gasteiger partial charge in [-0.1, -0.05) is 0 Å². The maximum atomic E-state index is 2.61. The lowest BCUT2D eigenvalue weighted by atomic mass is 9.99. The average molecular weight is 184 g/mol. The first-order valence-corrected chi connectivity index (χ1v) is 5.29. The molecule has 2 heteroatoms. The monoisotopic (exact) mass is 184 g/mol. The Bertz CT molecular complexity index is 171. The van der Waals surface area contributed by atoms with Gasteiger partial charge in [0, 0.05) is 30.7 Å². The van der Waals surface area contributed by atoms with Crippen LogP contribution in [0.5, 0.6) is 0 Å². The van der Waals surface area contributed by atoms with Crippen LogP contribution in [0, 0.1) is 0 Å². The minimum absolute atomic E-state index is 0.314. The summed E-state index contributed by atoms with van der Waals surface area (Å²) in [7, 11) is 2.22. The summed E-state index contributed by atoms with van der Waals surface area (Å²) in [5.41, 5.74) is 0.314. The smallest absolute Gasteiger partial charge is 0.0200 e. The zero-order valence-electron chi connectivity index (χ0n) is 9.96. The average Bonchev–Trinajstić information content (AvgIpc) is 1.94. The number of piperazine rings is 1. The van der Waals surface area contributed by atoms with Gasteiger partial charge in [0.25, 0.3) is 0 Å². The molecule has 2 nitrogen and oxygen atoms in total. The van der Waals surface area contributed by atoms with Crippen molar-refractivity contribution in [2.75, 3.05) is 20.1 Å². The van der Waals surface area contributed by atoms with E-state index in [-0.39, 0.29) is 0 Å². The van der Waals surface area contributed by atoms with Crippen molar-refractivity contribution >= 4 is 0 Å². The molecule has 0 aromatic heterocycles. The first-order chi connectivity index (χ1) is 5.82. The van der Waals surface area contributed by atoms with Gasteiger partial charge in [-0.3, -0.25) is 4.90 Å². The lowest BCUT2D eigenvalue weighted by Gasteiger charge is -2.48. The predicted molar refractivity (Wildman–Crippen MR) is 58.0 cm³/mol. The van der Waals surface area contributed by atoms with E-state index in [0.717, 1.165) is 0 Å². The van der Waals surface area contributed by atoms with E-state index in [1.165, 1.54) is 13.1 Å². The third-order valence-corrected chi connectivity index (χ3v) is 3.16. The van der Waals surface area contributed by atoms with Crippen LogP contribution in [0.3, 0.4) is 0 Å². The summed E-state index contributed by atoms with van der Waals surface area (Å²) < 4.78 is 0. The van der Waals surface area contributed by atoms with Crippen LogP contribution in [0.2, 0.25) is 0 Å². The molecule has 0 aliphatic carbocycles. The van der Waals surface area contributed by atoms with Gasteiger partial charge in [-0.15, -0.1) is 0 Å². The topological polar surface area (TPSA) is 6.48 Å². The molecule has 78 valence electrons. The molecule has 0 bridgehead atoms. The molecule has 0 spiro atoms. The van der Waals surface area contributed by atoms with Gasteiger partial charge < -0.3 is 4.90 Å². The Morgan fingerprint density at radius 1 is 1.00 bits per heavy atom. The minimum atomic E-state index is 0.314. The van der Waals surface area contributed by atoms with Crippen LogP contribution in [-0.2, 0) is 0 Å². The molecule has 0 saturated carbocycles. The Hall–Kier alpha value is -0.0800. The van der Waals surface area contributed by atoms with E-state index >= 15 is 0 Å².